The number of esters is 1. The Bertz CT molecular complexity index is 645. The molecule has 0 saturated carbocycles. The fraction of sp³-hybridized carbons (Fsp3) is 0.912. The average molecular weight is 633 g/mol. The molecule has 0 spiro atoms. The molecule has 0 aromatic rings. The maximum absolute atomic E-state index is 11.6. The largest absolute Gasteiger partial charge is 0.481 e. The molecular formula is C34H72N4O6. The summed E-state index contributed by atoms with van der Waals surface area (Å²) in [5, 5.41) is 20.1. The third-order valence-corrected chi connectivity index (χ3v) is 6.86. The van der Waals surface area contributed by atoms with Crippen LogP contribution in [0.3, 0.4) is 0 Å². The molecule has 1 amide bonds. The van der Waals surface area contributed by atoms with E-state index in [1.54, 1.807) is 0 Å². The minimum atomic E-state index is -0.833. The fourth-order valence-electron chi connectivity index (χ4n) is 4.31. The summed E-state index contributed by atoms with van der Waals surface area (Å²) in [4.78, 5) is 35.6. The number of aliphatic hydroxyl groups is 1. The van der Waals surface area contributed by atoms with Crippen molar-refractivity contribution in [1.82, 2.24) is 15.1 Å². The number of carboxylic acids is 1. The second kappa shape index (κ2) is 35.7. The number of aliphatic carboxylic acids is 1. The highest BCUT2D eigenvalue weighted by Crippen LogP contribution is 2.19. The van der Waals surface area contributed by atoms with Crippen molar-refractivity contribution in [3.05, 3.63) is 0 Å². The van der Waals surface area contributed by atoms with Crippen LogP contribution in [-0.2, 0) is 19.1 Å². The lowest BCUT2D eigenvalue weighted by atomic mass is 10.0. The minimum absolute atomic E-state index is 0.00134. The van der Waals surface area contributed by atoms with Crippen molar-refractivity contribution in [2.45, 2.75) is 149 Å². The molecule has 264 valence electrons. The number of carbonyl (C=O) groups excluding carboxylic acids is 2. The fourth-order valence-corrected chi connectivity index (χ4v) is 4.31. The van der Waals surface area contributed by atoms with Crippen LogP contribution in [0.25, 0.3) is 0 Å². The number of nitrogens with two attached hydrogens (primary N) is 1. The molecule has 44 heavy (non-hydrogen) atoms. The van der Waals surface area contributed by atoms with Crippen LogP contribution in [0.5, 0.6) is 0 Å². The van der Waals surface area contributed by atoms with E-state index in [0.29, 0.717) is 19.3 Å². The van der Waals surface area contributed by atoms with Crippen molar-refractivity contribution in [1.29, 1.82) is 0 Å². The molecule has 2 atom stereocenters. The highest BCUT2D eigenvalue weighted by atomic mass is 16.5. The van der Waals surface area contributed by atoms with Gasteiger partial charge in [-0.3, -0.25) is 14.4 Å². The van der Waals surface area contributed by atoms with Crippen LogP contribution in [0.1, 0.15) is 136 Å². The first kappa shape index (κ1) is 46.7. The van der Waals surface area contributed by atoms with Crippen molar-refractivity contribution < 1.29 is 29.3 Å². The molecule has 0 aliphatic carbocycles. The number of rotatable bonds is 22. The Morgan fingerprint density at radius 3 is 1.86 bits per heavy atom. The Balaban J connectivity index is -0.000000594. The Morgan fingerprint density at radius 1 is 0.886 bits per heavy atom. The number of hydrogen-bond donors (Lipinski definition) is 4. The lowest BCUT2D eigenvalue weighted by Crippen LogP contribution is -2.27. The number of unbranched alkanes of at least 4 members (excludes halogenated alkanes) is 8. The maximum Gasteiger partial charge on any atom is 0.306 e. The Labute approximate surface area is 270 Å². The van der Waals surface area contributed by atoms with Crippen LogP contribution < -0.4 is 11.1 Å². The maximum atomic E-state index is 11.6. The standard InChI is InChI=1S/C16H34N2O2.C11H20O2.C5H14N2.C2H4O2/c1-4-5-6-7-8-10-15(19)11-12-16(20)17-13-9-14-18(2)3;1-2-3-4-5-6-7-10-8-9-11(12)13-10;1-7(2)5-3-4-6;1-2(3)4/h15,19H,4-14H2,1-3H3,(H,17,20);10H,2-9H2,1H3;3-6H2,1-2H3;1H3,(H,3,4). The summed E-state index contributed by atoms with van der Waals surface area (Å²) >= 11 is 0. The molecule has 0 bridgehead atoms. The molecule has 1 saturated heterocycles. The molecule has 0 aromatic carbocycles. The van der Waals surface area contributed by atoms with Gasteiger partial charge in [0.05, 0.1) is 6.10 Å². The van der Waals surface area contributed by atoms with Crippen LogP contribution in [0.4, 0.5) is 0 Å². The highest BCUT2D eigenvalue weighted by Gasteiger charge is 2.22. The summed E-state index contributed by atoms with van der Waals surface area (Å²) in [6.07, 6.45) is 19.1. The Morgan fingerprint density at radius 2 is 1.41 bits per heavy atom. The van der Waals surface area contributed by atoms with Gasteiger partial charge in [-0.1, -0.05) is 71.6 Å². The molecule has 1 fully saturated rings. The second-order valence-electron chi connectivity index (χ2n) is 12.2. The molecule has 2 unspecified atom stereocenters. The van der Waals surface area contributed by atoms with Gasteiger partial charge in [0, 0.05) is 26.3 Å². The number of ether oxygens (including phenoxy) is 1. The third kappa shape index (κ3) is 44.7. The quantitative estimate of drug-likeness (QED) is 0.0885. The molecule has 5 N–H and O–H groups in total. The van der Waals surface area contributed by atoms with E-state index in [9.17, 15) is 14.7 Å². The van der Waals surface area contributed by atoms with Crippen LogP contribution in [0.15, 0.2) is 0 Å². The Kier molecular flexibility index (Phi) is 37.9. The van der Waals surface area contributed by atoms with E-state index in [1.807, 2.05) is 14.1 Å². The van der Waals surface area contributed by atoms with E-state index in [2.05, 4.69) is 43.1 Å². The predicted molar refractivity (Wildman–Crippen MR) is 183 cm³/mol. The van der Waals surface area contributed by atoms with E-state index in [1.165, 1.54) is 57.8 Å². The van der Waals surface area contributed by atoms with Gasteiger partial charge in [0.15, 0.2) is 0 Å². The molecule has 1 aliphatic rings. The van der Waals surface area contributed by atoms with Gasteiger partial charge < -0.3 is 35.8 Å². The zero-order valence-corrected chi connectivity index (χ0v) is 29.7. The van der Waals surface area contributed by atoms with Crippen LogP contribution in [0, 0.1) is 0 Å². The lowest BCUT2D eigenvalue weighted by molar-refractivity contribution is -0.141. The van der Waals surface area contributed by atoms with E-state index in [-0.39, 0.29) is 24.1 Å². The Hall–Kier alpha value is -1.75. The molecular weight excluding hydrogens is 560 g/mol. The molecule has 0 aromatic heterocycles. The van der Waals surface area contributed by atoms with Gasteiger partial charge in [-0.2, -0.15) is 0 Å². The van der Waals surface area contributed by atoms with E-state index in [4.69, 9.17) is 20.4 Å². The van der Waals surface area contributed by atoms with Crippen molar-refractivity contribution in [3.8, 4) is 0 Å². The van der Waals surface area contributed by atoms with E-state index >= 15 is 0 Å². The van der Waals surface area contributed by atoms with Crippen molar-refractivity contribution in [3.63, 3.8) is 0 Å². The number of nitrogens with one attached hydrogen (secondary N) is 1. The molecule has 1 rings (SSSR count). The SMILES string of the molecule is CC(=O)O.CCCCCCCC(O)CCC(=O)NCCCN(C)C.CCCCCCCC1CCC(=O)O1.CN(C)CCCN. The van der Waals surface area contributed by atoms with Gasteiger partial charge in [0.2, 0.25) is 5.91 Å². The van der Waals surface area contributed by atoms with Gasteiger partial charge in [0.1, 0.15) is 6.10 Å². The van der Waals surface area contributed by atoms with Crippen molar-refractivity contribution in [2.24, 2.45) is 5.73 Å². The summed E-state index contributed by atoms with van der Waals surface area (Å²) in [6, 6.07) is 0. The third-order valence-electron chi connectivity index (χ3n) is 6.86. The molecule has 1 heterocycles. The summed E-state index contributed by atoms with van der Waals surface area (Å²) in [5.41, 5.74) is 5.25. The summed E-state index contributed by atoms with van der Waals surface area (Å²) in [6.45, 7) is 9.13. The first-order valence-electron chi connectivity index (χ1n) is 17.2. The number of cyclic esters (lactones) is 1. The second-order valence-corrected chi connectivity index (χ2v) is 12.2. The average Bonchev–Trinajstić information content (AvgIpc) is 3.38. The molecule has 0 radical (unpaired) electrons. The van der Waals surface area contributed by atoms with Gasteiger partial charge in [-0.15, -0.1) is 0 Å². The zero-order valence-electron chi connectivity index (χ0n) is 29.7. The smallest absolute Gasteiger partial charge is 0.306 e. The number of hydrogen-bond acceptors (Lipinski definition) is 8. The minimum Gasteiger partial charge on any atom is -0.481 e. The number of aliphatic hydroxyl groups excluding tert-OH is 1. The number of carbonyl (C=O) groups is 3. The normalized spacial score (nSPS) is 14.4. The van der Waals surface area contributed by atoms with Crippen molar-refractivity contribution >= 4 is 17.8 Å². The van der Waals surface area contributed by atoms with Gasteiger partial charge in [-0.05, 0) is 92.8 Å². The molecule has 1 aliphatic heterocycles. The highest BCUT2D eigenvalue weighted by molar-refractivity contribution is 5.75. The number of carboxylic acid groups (broad SMARTS) is 1. The predicted octanol–water partition coefficient (Wildman–Crippen LogP) is 5.60. The first-order chi connectivity index (χ1) is 20.9. The monoisotopic (exact) mass is 633 g/mol. The van der Waals surface area contributed by atoms with Gasteiger partial charge in [0.25, 0.3) is 5.97 Å². The number of amides is 1. The van der Waals surface area contributed by atoms with Crippen LogP contribution in [-0.4, -0.2) is 104 Å². The lowest BCUT2D eigenvalue weighted by Gasteiger charge is -2.12. The molecule has 10 heteroatoms. The topological polar surface area (TPSA) is 145 Å². The van der Waals surface area contributed by atoms with Crippen LogP contribution in [0.2, 0.25) is 0 Å². The molecule has 10 nitrogen and oxygen atoms in total. The van der Waals surface area contributed by atoms with E-state index in [0.717, 1.165) is 71.6 Å². The first-order valence-corrected chi connectivity index (χ1v) is 17.2. The zero-order chi connectivity index (χ0) is 34.0. The summed E-state index contributed by atoms with van der Waals surface area (Å²) in [7, 11) is 8.16. The summed E-state index contributed by atoms with van der Waals surface area (Å²) < 4.78 is 5.13. The van der Waals surface area contributed by atoms with Crippen molar-refractivity contribution in [2.75, 3.05) is 54.4 Å². The summed E-state index contributed by atoms with van der Waals surface area (Å²) in [5.74, 6) is -0.771. The van der Waals surface area contributed by atoms with Gasteiger partial charge in [-0.25, -0.2) is 0 Å². The van der Waals surface area contributed by atoms with Gasteiger partial charge >= 0.3 is 5.97 Å². The number of nitrogens with zero attached hydrogens (tertiary/aromatic N) is 2. The van der Waals surface area contributed by atoms with E-state index < -0.39 is 5.97 Å². The van der Waals surface area contributed by atoms with Crippen LogP contribution >= 0.6 is 0 Å².